The molecule has 2 N–H and O–H groups in total. The molecule has 8 heteroatoms. The van der Waals surface area contributed by atoms with Crippen LogP contribution in [0.5, 0.6) is 0 Å². The minimum atomic E-state index is -4.44. The predicted molar refractivity (Wildman–Crippen MR) is 119 cm³/mol. The first-order valence-electron chi connectivity index (χ1n) is 10.7. The molecular formula is C26H22F3NO4. The van der Waals surface area contributed by atoms with Crippen LogP contribution in [0.15, 0.2) is 72.8 Å². The predicted octanol–water partition coefficient (Wildman–Crippen LogP) is 5.63. The Balaban J connectivity index is 1.35. The number of carboxylic acid groups (broad SMARTS) is 1. The Morgan fingerprint density at radius 1 is 0.912 bits per heavy atom. The Morgan fingerprint density at radius 2 is 1.47 bits per heavy atom. The number of carbonyl (C=O) groups excluding carboxylic acids is 1. The average Bonchev–Trinajstić information content (AvgIpc) is 3.13. The topological polar surface area (TPSA) is 75.6 Å². The number of nitrogens with one attached hydrogen (secondary N) is 1. The van der Waals surface area contributed by atoms with Gasteiger partial charge in [0.1, 0.15) is 12.6 Å². The number of rotatable bonds is 7. The number of fused-ring (bicyclic) bond motifs is 3. The highest BCUT2D eigenvalue weighted by atomic mass is 19.4. The quantitative estimate of drug-likeness (QED) is 0.470. The van der Waals surface area contributed by atoms with Gasteiger partial charge in [-0.05, 0) is 52.8 Å². The molecule has 34 heavy (non-hydrogen) atoms. The summed E-state index contributed by atoms with van der Waals surface area (Å²) in [5.74, 6) is -1.41. The van der Waals surface area contributed by atoms with Crippen LogP contribution in [0.2, 0.25) is 0 Å². The highest BCUT2D eigenvalue weighted by Gasteiger charge is 2.31. The average molecular weight is 469 g/mol. The minimum Gasteiger partial charge on any atom is -0.480 e. The molecule has 0 saturated carbocycles. The van der Waals surface area contributed by atoms with E-state index < -0.39 is 29.8 Å². The molecule has 1 amide bonds. The summed E-state index contributed by atoms with van der Waals surface area (Å²) < 4.78 is 43.5. The van der Waals surface area contributed by atoms with Crippen LogP contribution in [-0.4, -0.2) is 29.8 Å². The third-order valence-electron chi connectivity index (χ3n) is 5.94. The highest BCUT2D eigenvalue weighted by Crippen LogP contribution is 2.44. The van der Waals surface area contributed by atoms with Crippen molar-refractivity contribution in [3.05, 3.63) is 95.1 Å². The van der Waals surface area contributed by atoms with E-state index in [0.29, 0.717) is 5.56 Å². The van der Waals surface area contributed by atoms with Gasteiger partial charge in [-0.25, -0.2) is 9.59 Å². The van der Waals surface area contributed by atoms with Crippen LogP contribution in [0.3, 0.4) is 0 Å². The molecule has 0 spiro atoms. The molecule has 0 aromatic heterocycles. The van der Waals surface area contributed by atoms with Crippen molar-refractivity contribution in [2.45, 2.75) is 31.0 Å². The molecule has 1 aliphatic rings. The number of aliphatic carboxylic acids is 1. The maximum Gasteiger partial charge on any atom is 0.416 e. The van der Waals surface area contributed by atoms with Gasteiger partial charge in [0, 0.05) is 5.92 Å². The third-order valence-corrected chi connectivity index (χ3v) is 5.94. The molecule has 4 rings (SSSR count). The molecule has 3 aromatic carbocycles. The Kier molecular flexibility index (Phi) is 6.58. The van der Waals surface area contributed by atoms with Crippen molar-refractivity contribution >= 4 is 12.1 Å². The van der Waals surface area contributed by atoms with Crippen LogP contribution in [0.4, 0.5) is 18.0 Å². The molecule has 0 aliphatic heterocycles. The summed E-state index contributed by atoms with van der Waals surface area (Å²) in [6.45, 7) is 0.0467. The van der Waals surface area contributed by atoms with Crippen molar-refractivity contribution in [1.82, 2.24) is 5.32 Å². The van der Waals surface area contributed by atoms with Crippen molar-refractivity contribution in [3.8, 4) is 11.1 Å². The summed E-state index contributed by atoms with van der Waals surface area (Å²) in [7, 11) is 0. The number of alkyl carbamates (subject to hydrolysis) is 1. The van der Waals surface area contributed by atoms with Crippen LogP contribution in [0.1, 0.15) is 34.6 Å². The van der Waals surface area contributed by atoms with Crippen LogP contribution in [0, 0.1) is 0 Å². The summed E-state index contributed by atoms with van der Waals surface area (Å²) in [4.78, 5) is 24.0. The van der Waals surface area contributed by atoms with E-state index in [-0.39, 0.29) is 25.4 Å². The lowest BCUT2D eigenvalue weighted by molar-refractivity contribution is -0.139. The van der Waals surface area contributed by atoms with Crippen molar-refractivity contribution in [1.29, 1.82) is 0 Å². The first-order valence-corrected chi connectivity index (χ1v) is 10.7. The smallest absolute Gasteiger partial charge is 0.416 e. The van der Waals surface area contributed by atoms with Gasteiger partial charge in [-0.3, -0.25) is 0 Å². The van der Waals surface area contributed by atoms with E-state index in [1.165, 1.54) is 12.1 Å². The second-order valence-electron chi connectivity index (χ2n) is 8.09. The van der Waals surface area contributed by atoms with Gasteiger partial charge >= 0.3 is 18.2 Å². The summed E-state index contributed by atoms with van der Waals surface area (Å²) in [5, 5.41) is 11.8. The van der Waals surface area contributed by atoms with E-state index in [9.17, 15) is 27.9 Å². The molecule has 1 aliphatic carbocycles. The van der Waals surface area contributed by atoms with Gasteiger partial charge in [-0.2, -0.15) is 13.2 Å². The van der Waals surface area contributed by atoms with Gasteiger partial charge in [0.15, 0.2) is 0 Å². The molecule has 0 bridgehead atoms. The number of carboxylic acids is 1. The summed E-state index contributed by atoms with van der Waals surface area (Å²) in [6, 6.07) is 19.0. The second kappa shape index (κ2) is 9.59. The van der Waals surface area contributed by atoms with E-state index in [1.54, 1.807) is 0 Å². The Bertz CT molecular complexity index is 1150. The van der Waals surface area contributed by atoms with Crippen molar-refractivity contribution < 1.29 is 32.6 Å². The van der Waals surface area contributed by atoms with Gasteiger partial charge < -0.3 is 15.2 Å². The number of hydrogen-bond acceptors (Lipinski definition) is 3. The molecule has 3 aromatic rings. The zero-order valence-corrected chi connectivity index (χ0v) is 18.0. The van der Waals surface area contributed by atoms with Gasteiger partial charge in [-0.15, -0.1) is 0 Å². The van der Waals surface area contributed by atoms with Crippen molar-refractivity contribution in [2.75, 3.05) is 6.61 Å². The van der Waals surface area contributed by atoms with Gasteiger partial charge in [0.2, 0.25) is 0 Å². The van der Waals surface area contributed by atoms with Gasteiger partial charge in [0.05, 0.1) is 5.56 Å². The van der Waals surface area contributed by atoms with Crippen LogP contribution in [0.25, 0.3) is 11.1 Å². The number of halogens is 3. The zero-order chi connectivity index (χ0) is 24.3. The van der Waals surface area contributed by atoms with E-state index in [4.69, 9.17) is 4.74 Å². The lowest BCUT2D eigenvalue weighted by Crippen LogP contribution is -2.41. The molecular weight excluding hydrogens is 447 g/mol. The van der Waals surface area contributed by atoms with Crippen molar-refractivity contribution in [2.24, 2.45) is 0 Å². The number of amides is 1. The standard InChI is InChI=1S/C26H22F3NO4/c27-26(28,29)17-12-9-16(10-13-17)11-14-23(24(31)32)30-25(33)34-15-22-20-7-3-1-5-18(20)19-6-2-4-8-21(19)22/h1-10,12-13,22-23H,11,14-15H2,(H,30,33)(H,31,32)/t23-/m0/s1. The fourth-order valence-electron chi connectivity index (χ4n) is 4.21. The summed E-state index contributed by atoms with van der Waals surface area (Å²) >= 11 is 0. The molecule has 5 nitrogen and oxygen atoms in total. The lowest BCUT2D eigenvalue weighted by atomic mass is 9.98. The van der Waals surface area contributed by atoms with E-state index >= 15 is 0 Å². The van der Waals surface area contributed by atoms with E-state index in [2.05, 4.69) is 5.32 Å². The number of benzene rings is 3. The number of hydrogen-bond donors (Lipinski definition) is 2. The number of alkyl halides is 3. The molecule has 176 valence electrons. The zero-order valence-electron chi connectivity index (χ0n) is 18.0. The van der Waals surface area contributed by atoms with Gasteiger partial charge in [0.25, 0.3) is 0 Å². The third kappa shape index (κ3) is 5.06. The second-order valence-corrected chi connectivity index (χ2v) is 8.09. The summed E-state index contributed by atoms with van der Waals surface area (Å²) in [6.07, 6.45) is -5.11. The first kappa shape index (κ1) is 23.4. The molecule has 0 radical (unpaired) electrons. The minimum absolute atomic E-state index is 0.00485. The fraction of sp³-hybridized carbons (Fsp3) is 0.231. The largest absolute Gasteiger partial charge is 0.480 e. The van der Waals surface area contributed by atoms with Crippen molar-refractivity contribution in [3.63, 3.8) is 0 Å². The Labute approximate surface area is 194 Å². The maximum atomic E-state index is 12.7. The molecule has 1 atom stereocenters. The first-order chi connectivity index (χ1) is 16.2. The number of aryl methyl sites for hydroxylation is 1. The Hall–Kier alpha value is -3.81. The molecule has 0 heterocycles. The van der Waals surface area contributed by atoms with E-state index in [1.807, 2.05) is 48.5 Å². The van der Waals surface area contributed by atoms with E-state index in [0.717, 1.165) is 34.4 Å². The van der Waals surface area contributed by atoms with Gasteiger partial charge in [-0.1, -0.05) is 60.7 Å². The molecule has 0 fully saturated rings. The lowest BCUT2D eigenvalue weighted by Gasteiger charge is -2.17. The Morgan fingerprint density at radius 3 is 2.00 bits per heavy atom. The SMILES string of the molecule is O=C(N[C@@H](CCc1ccc(C(F)(F)F)cc1)C(=O)O)OCC1c2ccccc2-c2ccccc21. The maximum absolute atomic E-state index is 12.7. The molecule has 0 saturated heterocycles. The monoisotopic (exact) mass is 469 g/mol. The summed E-state index contributed by atoms with van der Waals surface area (Å²) in [5.41, 5.74) is 3.98. The van der Waals surface area contributed by atoms with Crippen LogP contribution >= 0.6 is 0 Å². The number of carbonyl (C=O) groups is 2. The van der Waals surface area contributed by atoms with Crippen LogP contribution < -0.4 is 5.32 Å². The normalized spacial score (nSPS) is 13.6. The molecule has 0 unspecified atom stereocenters. The number of ether oxygens (including phenoxy) is 1. The highest BCUT2D eigenvalue weighted by molar-refractivity contribution is 5.81. The fourth-order valence-corrected chi connectivity index (χ4v) is 4.21. The van der Waals surface area contributed by atoms with Crippen LogP contribution in [-0.2, 0) is 22.1 Å².